The van der Waals surface area contributed by atoms with E-state index in [1.807, 2.05) is 20.0 Å². The van der Waals surface area contributed by atoms with Crippen molar-refractivity contribution in [3.63, 3.8) is 0 Å². The van der Waals surface area contributed by atoms with E-state index in [4.69, 9.17) is 0 Å². The molecule has 0 aliphatic heterocycles. The second kappa shape index (κ2) is 3.09. The summed E-state index contributed by atoms with van der Waals surface area (Å²) in [7, 11) is 0. The normalized spacial score (nSPS) is 25.2. The molecule has 1 aliphatic carbocycles. The summed E-state index contributed by atoms with van der Waals surface area (Å²) < 4.78 is 0. The van der Waals surface area contributed by atoms with E-state index in [-0.39, 0.29) is 5.41 Å². The number of fused-ring (bicyclic) bond motifs is 1. The lowest BCUT2D eigenvalue weighted by Gasteiger charge is -2.28. The summed E-state index contributed by atoms with van der Waals surface area (Å²) in [5, 5.41) is 9.18. The molecule has 2 nitrogen and oxygen atoms in total. The van der Waals surface area contributed by atoms with Crippen LogP contribution in [-0.2, 0) is 11.8 Å². The van der Waals surface area contributed by atoms with E-state index in [2.05, 4.69) is 17.1 Å². The summed E-state index contributed by atoms with van der Waals surface area (Å²) in [5.41, 5.74) is 3.09. The van der Waals surface area contributed by atoms with Gasteiger partial charge in [0.05, 0.1) is 17.2 Å². The van der Waals surface area contributed by atoms with Crippen LogP contribution in [0.1, 0.15) is 36.6 Å². The number of hydrogen-bond acceptors (Lipinski definition) is 2. The summed E-state index contributed by atoms with van der Waals surface area (Å²) in [6.07, 6.45) is 4.97. The van der Waals surface area contributed by atoms with E-state index in [0.717, 1.165) is 25.0 Å². The van der Waals surface area contributed by atoms with E-state index in [1.54, 1.807) is 0 Å². The van der Waals surface area contributed by atoms with Crippen LogP contribution >= 0.6 is 0 Å². The second-order valence-electron chi connectivity index (χ2n) is 4.32. The van der Waals surface area contributed by atoms with Crippen molar-refractivity contribution in [3.8, 4) is 6.07 Å². The van der Waals surface area contributed by atoms with Crippen molar-refractivity contribution in [1.29, 1.82) is 5.26 Å². The van der Waals surface area contributed by atoms with Gasteiger partial charge in [0.25, 0.3) is 0 Å². The molecule has 72 valence electrons. The molecule has 0 radical (unpaired) electrons. The van der Waals surface area contributed by atoms with Gasteiger partial charge >= 0.3 is 0 Å². The zero-order valence-electron chi connectivity index (χ0n) is 8.67. The van der Waals surface area contributed by atoms with Crippen molar-refractivity contribution < 1.29 is 0 Å². The quantitative estimate of drug-likeness (QED) is 0.624. The van der Waals surface area contributed by atoms with Gasteiger partial charge in [-0.2, -0.15) is 5.26 Å². The van der Waals surface area contributed by atoms with Crippen LogP contribution < -0.4 is 0 Å². The Labute approximate surface area is 84.6 Å². The van der Waals surface area contributed by atoms with E-state index in [1.165, 1.54) is 11.1 Å². The van der Waals surface area contributed by atoms with Crippen LogP contribution in [0.15, 0.2) is 12.3 Å². The molecule has 1 heterocycles. The number of aryl methyl sites for hydroxylation is 2. The summed E-state index contributed by atoms with van der Waals surface area (Å²) in [4.78, 5) is 4.42. The Bertz CT molecular complexity index is 403. The number of nitriles is 1. The molecule has 1 atom stereocenters. The highest BCUT2D eigenvalue weighted by Crippen LogP contribution is 2.35. The molecule has 2 heteroatoms. The second-order valence-corrected chi connectivity index (χ2v) is 4.32. The van der Waals surface area contributed by atoms with Crippen molar-refractivity contribution in [2.24, 2.45) is 0 Å². The minimum absolute atomic E-state index is 0.360. The van der Waals surface area contributed by atoms with E-state index < -0.39 is 0 Å². The molecule has 0 N–H and O–H groups in total. The monoisotopic (exact) mass is 186 g/mol. The molecule has 1 aromatic heterocycles. The number of aromatic nitrogens is 1. The first-order valence-electron chi connectivity index (χ1n) is 5.03. The lowest BCUT2D eigenvalue weighted by atomic mass is 9.75. The Hall–Kier alpha value is -1.36. The molecule has 0 saturated heterocycles. The molecular formula is C12H14N2. The van der Waals surface area contributed by atoms with Gasteiger partial charge in [0.2, 0.25) is 0 Å². The third kappa shape index (κ3) is 1.29. The Morgan fingerprint density at radius 3 is 3.07 bits per heavy atom. The van der Waals surface area contributed by atoms with Gasteiger partial charge in [0, 0.05) is 6.20 Å². The average molecular weight is 186 g/mol. The Morgan fingerprint density at radius 2 is 2.36 bits per heavy atom. The first kappa shape index (κ1) is 9.21. The largest absolute Gasteiger partial charge is 0.259 e. The van der Waals surface area contributed by atoms with Crippen LogP contribution in [0, 0.1) is 18.3 Å². The maximum atomic E-state index is 9.18. The van der Waals surface area contributed by atoms with Crippen LogP contribution in [-0.4, -0.2) is 4.98 Å². The third-order valence-corrected chi connectivity index (χ3v) is 3.00. The first-order valence-corrected chi connectivity index (χ1v) is 5.03. The maximum absolute atomic E-state index is 9.18. The number of nitrogens with zero attached hydrogens (tertiary/aromatic N) is 2. The molecule has 0 fully saturated rings. The molecule has 14 heavy (non-hydrogen) atoms. The van der Waals surface area contributed by atoms with Gasteiger partial charge in [-0.1, -0.05) is 6.07 Å². The topological polar surface area (TPSA) is 36.7 Å². The SMILES string of the molecule is Cc1cnc2c(c1)CCCC2(C)C#N. The zero-order chi connectivity index (χ0) is 10.2. The average Bonchev–Trinajstić information content (AvgIpc) is 2.18. The Morgan fingerprint density at radius 1 is 1.57 bits per heavy atom. The summed E-state index contributed by atoms with van der Waals surface area (Å²) >= 11 is 0. The van der Waals surface area contributed by atoms with Gasteiger partial charge in [-0.05, 0) is 44.2 Å². The maximum Gasteiger partial charge on any atom is 0.0968 e. The number of rotatable bonds is 0. The number of pyridine rings is 1. The molecule has 0 saturated carbocycles. The number of hydrogen-bond donors (Lipinski definition) is 0. The highest BCUT2D eigenvalue weighted by molar-refractivity contribution is 5.37. The fraction of sp³-hybridized carbons (Fsp3) is 0.500. The summed E-state index contributed by atoms with van der Waals surface area (Å²) in [6, 6.07) is 4.56. The minimum Gasteiger partial charge on any atom is -0.259 e. The van der Waals surface area contributed by atoms with Crippen LogP contribution in [0.2, 0.25) is 0 Å². The van der Waals surface area contributed by atoms with Gasteiger partial charge in [0.15, 0.2) is 0 Å². The highest BCUT2D eigenvalue weighted by Gasteiger charge is 2.33. The molecule has 0 bridgehead atoms. The van der Waals surface area contributed by atoms with Gasteiger partial charge < -0.3 is 0 Å². The van der Waals surface area contributed by atoms with Crippen molar-refractivity contribution >= 4 is 0 Å². The Balaban J connectivity index is 2.57. The van der Waals surface area contributed by atoms with Crippen molar-refractivity contribution in [2.75, 3.05) is 0 Å². The standard InChI is InChI=1S/C12H14N2/c1-9-6-10-4-3-5-12(2,8-13)11(10)14-7-9/h6-7H,3-5H2,1-2H3. The van der Waals surface area contributed by atoms with Gasteiger partial charge in [-0.3, -0.25) is 4.98 Å². The molecule has 0 amide bonds. The zero-order valence-corrected chi connectivity index (χ0v) is 8.67. The predicted molar refractivity (Wildman–Crippen MR) is 54.9 cm³/mol. The molecule has 2 rings (SSSR count). The summed E-state index contributed by atoms with van der Waals surface area (Å²) in [6.45, 7) is 4.04. The van der Waals surface area contributed by atoms with E-state index in [9.17, 15) is 5.26 Å². The fourth-order valence-electron chi connectivity index (χ4n) is 2.18. The fourth-order valence-corrected chi connectivity index (χ4v) is 2.18. The molecule has 1 unspecified atom stereocenters. The molecule has 0 aromatic carbocycles. The molecular weight excluding hydrogens is 172 g/mol. The summed E-state index contributed by atoms with van der Waals surface area (Å²) in [5.74, 6) is 0. The van der Waals surface area contributed by atoms with Gasteiger partial charge in [-0.15, -0.1) is 0 Å². The van der Waals surface area contributed by atoms with Crippen LogP contribution in [0.3, 0.4) is 0 Å². The highest BCUT2D eigenvalue weighted by atomic mass is 14.7. The molecule has 0 spiro atoms. The van der Waals surface area contributed by atoms with E-state index in [0.29, 0.717) is 0 Å². The van der Waals surface area contributed by atoms with Crippen molar-refractivity contribution in [3.05, 3.63) is 29.1 Å². The van der Waals surface area contributed by atoms with Gasteiger partial charge in [-0.25, -0.2) is 0 Å². The van der Waals surface area contributed by atoms with Crippen molar-refractivity contribution in [1.82, 2.24) is 4.98 Å². The molecule has 1 aliphatic rings. The van der Waals surface area contributed by atoms with Crippen LogP contribution in [0.5, 0.6) is 0 Å². The Kier molecular flexibility index (Phi) is 2.03. The van der Waals surface area contributed by atoms with E-state index >= 15 is 0 Å². The lowest BCUT2D eigenvalue weighted by molar-refractivity contribution is 0.476. The lowest BCUT2D eigenvalue weighted by Crippen LogP contribution is -2.27. The van der Waals surface area contributed by atoms with Gasteiger partial charge in [0.1, 0.15) is 0 Å². The molecule has 1 aromatic rings. The predicted octanol–water partition coefficient (Wildman–Crippen LogP) is 2.51. The van der Waals surface area contributed by atoms with Crippen LogP contribution in [0.25, 0.3) is 0 Å². The van der Waals surface area contributed by atoms with Crippen molar-refractivity contribution in [2.45, 2.75) is 38.5 Å². The smallest absolute Gasteiger partial charge is 0.0968 e. The first-order chi connectivity index (χ1) is 6.65. The van der Waals surface area contributed by atoms with Crippen LogP contribution in [0.4, 0.5) is 0 Å². The third-order valence-electron chi connectivity index (χ3n) is 3.00. The minimum atomic E-state index is -0.360.